The van der Waals surface area contributed by atoms with Crippen LogP contribution in [-0.4, -0.2) is 73.4 Å². The first kappa shape index (κ1) is 30.1. The predicted molar refractivity (Wildman–Crippen MR) is 160 cm³/mol. The molecule has 5 atom stereocenters. The van der Waals surface area contributed by atoms with E-state index in [0.717, 1.165) is 11.1 Å². The fraction of sp³-hybridized carbons (Fsp3) is 0.364. The molecule has 3 amide bonds. The molecule has 0 aliphatic carbocycles. The molecule has 226 valence electrons. The number of carbonyl (C=O) groups is 3. The maximum Gasteiger partial charge on any atom is 0.415 e. The Morgan fingerprint density at radius 3 is 2.16 bits per heavy atom. The van der Waals surface area contributed by atoms with E-state index < -0.39 is 42.4 Å². The Bertz CT molecular complexity index is 1340. The summed E-state index contributed by atoms with van der Waals surface area (Å²) in [6, 6.07) is 27.0. The van der Waals surface area contributed by atoms with Gasteiger partial charge >= 0.3 is 12.2 Å². The number of nitrogens with zero attached hydrogens (tertiary/aromatic N) is 1. The first-order chi connectivity index (χ1) is 20.9. The maximum atomic E-state index is 13.4. The van der Waals surface area contributed by atoms with Crippen molar-refractivity contribution >= 4 is 23.8 Å². The summed E-state index contributed by atoms with van der Waals surface area (Å²) in [4.78, 5) is 40.2. The molecular weight excluding hydrogens is 550 g/mol. The van der Waals surface area contributed by atoms with Gasteiger partial charge in [-0.3, -0.25) is 9.69 Å². The highest BCUT2D eigenvalue weighted by molar-refractivity contribution is 5.95. The van der Waals surface area contributed by atoms with Crippen LogP contribution >= 0.6 is 0 Å². The highest BCUT2D eigenvalue weighted by Gasteiger charge is 2.38. The van der Waals surface area contributed by atoms with Crippen LogP contribution in [0.25, 0.3) is 0 Å². The van der Waals surface area contributed by atoms with Crippen LogP contribution in [0, 0.1) is 0 Å². The van der Waals surface area contributed by atoms with Gasteiger partial charge in [-0.05, 0) is 42.5 Å². The molecule has 0 bridgehead atoms. The van der Waals surface area contributed by atoms with Crippen molar-refractivity contribution in [1.82, 2.24) is 10.6 Å². The molecule has 0 saturated carbocycles. The van der Waals surface area contributed by atoms with Crippen LogP contribution in [0.1, 0.15) is 24.0 Å². The third-order valence-electron chi connectivity index (χ3n) is 7.60. The normalized spacial score (nSPS) is 20.1. The molecular formula is C33H37N3O7. The second-order valence-corrected chi connectivity index (χ2v) is 10.8. The van der Waals surface area contributed by atoms with E-state index in [1.165, 1.54) is 4.90 Å². The molecule has 2 heterocycles. The van der Waals surface area contributed by atoms with Gasteiger partial charge in [0.25, 0.3) is 5.91 Å². The largest absolute Gasteiger partial charge is 0.444 e. The Kier molecular flexibility index (Phi) is 10.2. The number of benzene rings is 3. The maximum absolute atomic E-state index is 13.4. The second-order valence-electron chi connectivity index (χ2n) is 10.8. The van der Waals surface area contributed by atoms with Crippen molar-refractivity contribution in [1.29, 1.82) is 0 Å². The van der Waals surface area contributed by atoms with Crippen molar-refractivity contribution in [3.63, 3.8) is 0 Å². The van der Waals surface area contributed by atoms with Gasteiger partial charge in [-0.1, -0.05) is 78.9 Å². The molecule has 5 rings (SSSR count). The van der Waals surface area contributed by atoms with Crippen LogP contribution in [0.4, 0.5) is 15.3 Å². The first-order valence-corrected chi connectivity index (χ1v) is 14.6. The van der Waals surface area contributed by atoms with E-state index in [1.807, 2.05) is 78.9 Å². The van der Waals surface area contributed by atoms with Crippen LogP contribution in [-0.2, 0) is 31.8 Å². The molecule has 10 nitrogen and oxygen atoms in total. The number of hydrogen-bond donors (Lipinski definition) is 3. The van der Waals surface area contributed by atoms with Crippen molar-refractivity contribution in [2.45, 2.75) is 56.1 Å². The lowest BCUT2D eigenvalue weighted by Gasteiger charge is -2.29. The Labute approximate surface area is 250 Å². The number of alkyl carbamates (subject to hydrolysis) is 1. The van der Waals surface area contributed by atoms with Crippen molar-refractivity contribution < 1.29 is 33.7 Å². The highest BCUT2D eigenvalue weighted by atomic mass is 16.6. The van der Waals surface area contributed by atoms with Gasteiger partial charge in [-0.25, -0.2) is 9.59 Å². The molecule has 3 aromatic carbocycles. The quantitative estimate of drug-likeness (QED) is 0.296. The van der Waals surface area contributed by atoms with Crippen molar-refractivity contribution in [3.8, 4) is 0 Å². The van der Waals surface area contributed by atoms with Crippen LogP contribution in [0.5, 0.6) is 0 Å². The van der Waals surface area contributed by atoms with Gasteiger partial charge in [0.15, 0.2) is 6.10 Å². The van der Waals surface area contributed by atoms with Crippen LogP contribution in [0.3, 0.4) is 0 Å². The molecule has 43 heavy (non-hydrogen) atoms. The Morgan fingerprint density at radius 1 is 0.907 bits per heavy atom. The molecule has 2 aliphatic heterocycles. The van der Waals surface area contributed by atoms with Crippen LogP contribution in [0.2, 0.25) is 0 Å². The van der Waals surface area contributed by atoms with E-state index >= 15 is 0 Å². The second kappa shape index (κ2) is 14.7. The summed E-state index contributed by atoms with van der Waals surface area (Å²) in [5.74, 6) is -0.451. The van der Waals surface area contributed by atoms with E-state index in [-0.39, 0.29) is 19.1 Å². The highest BCUT2D eigenvalue weighted by Crippen LogP contribution is 2.22. The van der Waals surface area contributed by atoms with Crippen molar-refractivity contribution in [2.24, 2.45) is 0 Å². The topological polar surface area (TPSA) is 126 Å². The zero-order valence-electron chi connectivity index (χ0n) is 23.8. The number of rotatable bonds is 12. The third-order valence-corrected chi connectivity index (χ3v) is 7.60. The molecule has 0 radical (unpaired) electrons. The zero-order chi connectivity index (χ0) is 30.0. The monoisotopic (exact) mass is 587 g/mol. The van der Waals surface area contributed by atoms with E-state index in [2.05, 4.69) is 10.6 Å². The van der Waals surface area contributed by atoms with E-state index in [9.17, 15) is 19.5 Å². The summed E-state index contributed by atoms with van der Waals surface area (Å²) in [5.41, 5.74) is 2.53. The lowest BCUT2D eigenvalue weighted by Crippen LogP contribution is -2.50. The fourth-order valence-corrected chi connectivity index (χ4v) is 5.35. The molecule has 0 aromatic heterocycles. The number of anilines is 1. The summed E-state index contributed by atoms with van der Waals surface area (Å²) in [5, 5.41) is 17.3. The molecule has 2 aliphatic rings. The van der Waals surface area contributed by atoms with E-state index in [1.54, 1.807) is 12.1 Å². The summed E-state index contributed by atoms with van der Waals surface area (Å²) in [7, 11) is 0. The molecule has 0 spiro atoms. The summed E-state index contributed by atoms with van der Waals surface area (Å²) in [6.07, 6.45) is -2.05. The van der Waals surface area contributed by atoms with E-state index in [0.29, 0.717) is 38.2 Å². The van der Waals surface area contributed by atoms with Gasteiger partial charge in [-0.2, -0.15) is 0 Å². The molecule has 3 N–H and O–H groups in total. The average Bonchev–Trinajstić information content (AvgIpc) is 3.68. The van der Waals surface area contributed by atoms with Gasteiger partial charge in [0.1, 0.15) is 6.10 Å². The molecule has 3 aromatic rings. The third kappa shape index (κ3) is 8.56. The van der Waals surface area contributed by atoms with E-state index in [4.69, 9.17) is 14.2 Å². The number of aliphatic hydroxyl groups excluding tert-OH is 1. The number of amides is 3. The van der Waals surface area contributed by atoms with Gasteiger partial charge in [0.05, 0.1) is 31.9 Å². The van der Waals surface area contributed by atoms with Gasteiger partial charge in [0, 0.05) is 18.2 Å². The average molecular weight is 588 g/mol. The standard InChI is InChI=1S/C33H37N3O7/c37-29(28(19-24-12-6-2-7-13-24)35-32(39)42-27-16-17-41-22-27)20-25(18-23-10-4-1-5-11-23)34-31(38)30-21-36(33(40)43-30)26-14-8-3-9-15-26/h1-15,25,27-30,37H,16-22H2,(H,34,38)(H,35,39)/t25-,27+,28-,29-,30+/m0/s1. The Morgan fingerprint density at radius 2 is 1.53 bits per heavy atom. The first-order valence-electron chi connectivity index (χ1n) is 14.6. The van der Waals surface area contributed by atoms with Gasteiger partial charge < -0.3 is 30.0 Å². The SMILES string of the molecule is O=C(N[C@@H](Cc1ccccc1)[C@@H](O)C[C@H](Cc1ccccc1)NC(=O)[C@H]1CN(c2ccccc2)C(=O)O1)O[C@@H]1CCOC1. The van der Waals surface area contributed by atoms with Crippen LogP contribution < -0.4 is 15.5 Å². The summed E-state index contributed by atoms with van der Waals surface area (Å²) >= 11 is 0. The number of hydrogen-bond acceptors (Lipinski definition) is 7. The lowest BCUT2D eigenvalue weighted by molar-refractivity contribution is -0.128. The minimum absolute atomic E-state index is 0.0736. The summed E-state index contributed by atoms with van der Waals surface area (Å²) in [6.45, 7) is 0.955. The van der Waals surface area contributed by atoms with Gasteiger partial charge in [0.2, 0.25) is 0 Å². The minimum Gasteiger partial charge on any atom is -0.444 e. The molecule has 2 fully saturated rings. The molecule has 2 saturated heterocycles. The molecule has 0 unspecified atom stereocenters. The number of aliphatic hydroxyl groups is 1. The summed E-state index contributed by atoms with van der Waals surface area (Å²) < 4.78 is 16.2. The van der Waals surface area contributed by atoms with Crippen molar-refractivity contribution in [2.75, 3.05) is 24.7 Å². The number of cyclic esters (lactones) is 1. The number of carbonyl (C=O) groups excluding carboxylic acids is 3. The number of ether oxygens (including phenoxy) is 3. The van der Waals surface area contributed by atoms with Crippen LogP contribution in [0.15, 0.2) is 91.0 Å². The minimum atomic E-state index is -1.03. The number of nitrogens with one attached hydrogen (secondary N) is 2. The molecule has 10 heteroatoms. The smallest absolute Gasteiger partial charge is 0.415 e. The lowest BCUT2D eigenvalue weighted by atomic mass is 9.93. The Hall–Kier alpha value is -4.41. The van der Waals surface area contributed by atoms with Gasteiger partial charge in [-0.15, -0.1) is 0 Å². The fourth-order valence-electron chi connectivity index (χ4n) is 5.35. The predicted octanol–water partition coefficient (Wildman–Crippen LogP) is 3.62. The Balaban J connectivity index is 1.28. The zero-order valence-corrected chi connectivity index (χ0v) is 23.8. The van der Waals surface area contributed by atoms with Crippen molar-refractivity contribution in [3.05, 3.63) is 102 Å². The number of para-hydroxylation sites is 1.